The van der Waals surface area contributed by atoms with E-state index in [4.69, 9.17) is 19.3 Å². The second-order valence-electron chi connectivity index (χ2n) is 9.71. The van der Waals surface area contributed by atoms with Crippen molar-refractivity contribution in [2.45, 2.75) is 31.3 Å². The topological polar surface area (TPSA) is 73.1 Å². The standard InChI is InChI=1S/C28H31N5O3/c1-32-14-12-28(13-15-32)11-10-19-16-22(26(35-3)17-25(19)36-28)30-27-29-18-20-8-9-23(33(20)31-27)21-6-4-5-7-24(21)34-2/h4-9,16-18H,10-15H2,1-3H3,(H,30,31). The van der Waals surface area contributed by atoms with Crippen molar-refractivity contribution in [1.29, 1.82) is 0 Å². The van der Waals surface area contributed by atoms with Crippen LogP contribution in [0, 0.1) is 0 Å². The minimum atomic E-state index is -0.0586. The van der Waals surface area contributed by atoms with E-state index in [0.29, 0.717) is 11.7 Å². The Labute approximate surface area is 210 Å². The quantitative estimate of drug-likeness (QED) is 0.429. The van der Waals surface area contributed by atoms with Gasteiger partial charge in [0.15, 0.2) is 0 Å². The molecule has 36 heavy (non-hydrogen) atoms. The fourth-order valence-electron chi connectivity index (χ4n) is 5.33. The van der Waals surface area contributed by atoms with Crippen LogP contribution in [-0.4, -0.2) is 59.5 Å². The first-order chi connectivity index (χ1) is 17.6. The molecule has 0 amide bonds. The third-order valence-electron chi connectivity index (χ3n) is 7.49. The number of aromatic nitrogens is 3. The SMILES string of the molecule is COc1cc2c(cc1Nc1ncc3ccc(-c4ccccc4OC)n3n1)CCC1(CCN(C)CC1)O2. The summed E-state index contributed by atoms with van der Waals surface area (Å²) in [5.74, 6) is 2.91. The van der Waals surface area contributed by atoms with Gasteiger partial charge in [-0.1, -0.05) is 12.1 Å². The Morgan fingerprint density at radius 2 is 1.78 bits per heavy atom. The second kappa shape index (κ2) is 9.02. The molecule has 2 aliphatic heterocycles. The highest BCUT2D eigenvalue weighted by molar-refractivity contribution is 5.72. The van der Waals surface area contributed by atoms with E-state index >= 15 is 0 Å². The fraction of sp³-hybridized carbons (Fsp3) is 0.357. The molecule has 0 radical (unpaired) electrons. The number of rotatable bonds is 5. The van der Waals surface area contributed by atoms with Crippen molar-refractivity contribution < 1.29 is 14.2 Å². The minimum absolute atomic E-state index is 0.0586. The monoisotopic (exact) mass is 485 g/mol. The zero-order valence-corrected chi connectivity index (χ0v) is 21.0. The number of hydrogen-bond donors (Lipinski definition) is 1. The summed E-state index contributed by atoms with van der Waals surface area (Å²) in [5, 5.41) is 8.17. The normalized spacial score (nSPS) is 17.0. The lowest BCUT2D eigenvalue weighted by Gasteiger charge is -2.44. The van der Waals surface area contributed by atoms with Gasteiger partial charge in [-0.2, -0.15) is 0 Å². The van der Waals surface area contributed by atoms with Crippen molar-refractivity contribution in [1.82, 2.24) is 19.5 Å². The molecular formula is C28H31N5O3. The molecule has 1 saturated heterocycles. The number of fused-ring (bicyclic) bond motifs is 2. The van der Waals surface area contributed by atoms with Crippen LogP contribution in [0.25, 0.3) is 16.8 Å². The highest BCUT2D eigenvalue weighted by Crippen LogP contribution is 2.43. The number of likely N-dealkylation sites (tertiary alicyclic amines) is 1. The molecule has 4 aromatic rings. The van der Waals surface area contributed by atoms with Crippen molar-refractivity contribution in [3.8, 4) is 28.5 Å². The van der Waals surface area contributed by atoms with Gasteiger partial charge in [-0.05, 0) is 68.6 Å². The predicted octanol–water partition coefficient (Wildman–Crippen LogP) is 4.95. The molecule has 6 rings (SSSR count). The molecule has 1 N–H and O–H groups in total. The second-order valence-corrected chi connectivity index (χ2v) is 9.71. The average molecular weight is 486 g/mol. The molecule has 0 aliphatic carbocycles. The molecular weight excluding hydrogens is 454 g/mol. The summed E-state index contributed by atoms with van der Waals surface area (Å²) in [6.45, 7) is 2.14. The van der Waals surface area contributed by atoms with Crippen molar-refractivity contribution >= 4 is 17.2 Å². The minimum Gasteiger partial charge on any atom is -0.496 e. The summed E-state index contributed by atoms with van der Waals surface area (Å²) in [4.78, 5) is 6.92. The number of nitrogens with zero attached hydrogens (tertiary/aromatic N) is 4. The van der Waals surface area contributed by atoms with E-state index in [-0.39, 0.29) is 5.60 Å². The number of anilines is 2. The van der Waals surface area contributed by atoms with Crippen LogP contribution < -0.4 is 19.5 Å². The van der Waals surface area contributed by atoms with Gasteiger partial charge in [0.05, 0.1) is 37.3 Å². The molecule has 8 heteroatoms. The van der Waals surface area contributed by atoms with Crippen LogP contribution >= 0.6 is 0 Å². The van der Waals surface area contributed by atoms with Crippen LogP contribution in [0.2, 0.25) is 0 Å². The number of methoxy groups -OCH3 is 2. The van der Waals surface area contributed by atoms with Gasteiger partial charge in [-0.3, -0.25) is 0 Å². The Bertz CT molecular complexity index is 1410. The lowest BCUT2D eigenvalue weighted by atomic mass is 9.83. The predicted molar refractivity (Wildman–Crippen MR) is 140 cm³/mol. The molecule has 2 aromatic carbocycles. The molecule has 0 unspecified atom stereocenters. The Morgan fingerprint density at radius 3 is 2.58 bits per heavy atom. The van der Waals surface area contributed by atoms with Gasteiger partial charge in [0.25, 0.3) is 0 Å². The number of ether oxygens (including phenoxy) is 3. The smallest absolute Gasteiger partial charge is 0.245 e. The zero-order chi connectivity index (χ0) is 24.7. The Balaban J connectivity index is 1.31. The van der Waals surface area contributed by atoms with E-state index in [1.54, 1.807) is 14.2 Å². The summed E-state index contributed by atoms with van der Waals surface area (Å²) in [7, 11) is 5.53. The average Bonchev–Trinajstić information content (AvgIpc) is 3.33. The molecule has 0 atom stereocenters. The van der Waals surface area contributed by atoms with E-state index < -0.39 is 0 Å². The molecule has 1 fully saturated rings. The molecule has 0 bridgehead atoms. The lowest BCUT2D eigenvalue weighted by molar-refractivity contribution is -0.00887. The van der Waals surface area contributed by atoms with Gasteiger partial charge >= 0.3 is 0 Å². The summed E-state index contributed by atoms with van der Waals surface area (Å²) >= 11 is 0. The molecule has 2 aromatic heterocycles. The Hall–Kier alpha value is -3.78. The van der Waals surface area contributed by atoms with Crippen LogP contribution in [0.5, 0.6) is 17.2 Å². The number of piperidine rings is 1. The number of para-hydroxylation sites is 1. The molecule has 2 aliphatic rings. The maximum Gasteiger partial charge on any atom is 0.245 e. The van der Waals surface area contributed by atoms with E-state index in [9.17, 15) is 0 Å². The third kappa shape index (κ3) is 4.01. The van der Waals surface area contributed by atoms with Crippen molar-refractivity contribution in [3.63, 3.8) is 0 Å². The van der Waals surface area contributed by atoms with Crippen LogP contribution in [0.3, 0.4) is 0 Å². The first-order valence-corrected chi connectivity index (χ1v) is 12.4. The van der Waals surface area contributed by atoms with Gasteiger partial charge in [0, 0.05) is 24.7 Å². The molecule has 186 valence electrons. The van der Waals surface area contributed by atoms with Crippen LogP contribution in [0.15, 0.2) is 54.7 Å². The van der Waals surface area contributed by atoms with Crippen LogP contribution in [0.1, 0.15) is 24.8 Å². The van der Waals surface area contributed by atoms with Gasteiger partial charge in [-0.25, -0.2) is 9.50 Å². The maximum absolute atomic E-state index is 6.61. The van der Waals surface area contributed by atoms with Crippen molar-refractivity contribution in [2.75, 3.05) is 39.7 Å². The maximum atomic E-state index is 6.61. The number of aryl methyl sites for hydroxylation is 1. The van der Waals surface area contributed by atoms with Gasteiger partial charge < -0.3 is 24.4 Å². The highest BCUT2D eigenvalue weighted by Gasteiger charge is 2.39. The van der Waals surface area contributed by atoms with Crippen LogP contribution in [0.4, 0.5) is 11.6 Å². The highest BCUT2D eigenvalue weighted by atomic mass is 16.5. The van der Waals surface area contributed by atoms with E-state index in [0.717, 1.165) is 72.7 Å². The van der Waals surface area contributed by atoms with Crippen molar-refractivity contribution in [2.24, 2.45) is 0 Å². The largest absolute Gasteiger partial charge is 0.496 e. The molecule has 4 heterocycles. The van der Waals surface area contributed by atoms with Crippen molar-refractivity contribution in [3.05, 3.63) is 60.3 Å². The van der Waals surface area contributed by atoms with Gasteiger partial charge in [0.1, 0.15) is 22.8 Å². The van der Waals surface area contributed by atoms with Gasteiger partial charge in [0.2, 0.25) is 5.95 Å². The third-order valence-corrected chi connectivity index (χ3v) is 7.49. The van der Waals surface area contributed by atoms with Crippen LogP contribution in [-0.2, 0) is 6.42 Å². The van der Waals surface area contributed by atoms with E-state index in [1.807, 2.05) is 53.2 Å². The number of nitrogens with one attached hydrogen (secondary N) is 1. The summed E-state index contributed by atoms with van der Waals surface area (Å²) in [6.07, 6.45) is 5.95. The summed E-state index contributed by atoms with van der Waals surface area (Å²) in [6, 6.07) is 16.1. The summed E-state index contributed by atoms with van der Waals surface area (Å²) < 4.78 is 19.8. The summed E-state index contributed by atoms with van der Waals surface area (Å²) in [5.41, 5.74) is 4.75. The molecule has 1 spiro atoms. The fourth-order valence-corrected chi connectivity index (χ4v) is 5.33. The lowest BCUT2D eigenvalue weighted by Crippen LogP contribution is -2.48. The van der Waals surface area contributed by atoms with E-state index in [2.05, 4.69) is 28.3 Å². The first kappa shape index (κ1) is 22.7. The first-order valence-electron chi connectivity index (χ1n) is 12.4. The van der Waals surface area contributed by atoms with Gasteiger partial charge in [-0.15, -0.1) is 5.10 Å². The number of benzene rings is 2. The zero-order valence-electron chi connectivity index (χ0n) is 21.0. The molecule has 0 saturated carbocycles. The number of hydrogen-bond acceptors (Lipinski definition) is 7. The van der Waals surface area contributed by atoms with E-state index in [1.165, 1.54) is 5.56 Å². The Kier molecular flexibility index (Phi) is 5.68. The Morgan fingerprint density at radius 1 is 0.972 bits per heavy atom. The molecule has 8 nitrogen and oxygen atoms in total.